The van der Waals surface area contributed by atoms with E-state index in [0.29, 0.717) is 5.56 Å². The Morgan fingerprint density at radius 2 is 2.33 bits per heavy atom. The third-order valence-electron chi connectivity index (χ3n) is 1.54. The number of primary amides is 1. The Kier molecular flexibility index (Phi) is 3.75. The molecule has 0 spiro atoms. The second-order valence-electron chi connectivity index (χ2n) is 2.87. The summed E-state index contributed by atoms with van der Waals surface area (Å²) in [5, 5.41) is 0. The number of hydrogen-bond donors (Lipinski definition) is 2. The molecule has 0 unspecified atom stereocenters. The first kappa shape index (κ1) is 11.1. The number of rotatable bonds is 4. The molecule has 0 radical (unpaired) electrons. The molecular weight excluding hydrogens is 198 g/mol. The molecule has 15 heavy (non-hydrogen) atoms. The fourth-order valence-corrected chi connectivity index (χ4v) is 0.918. The molecule has 0 aliphatic carbocycles. The van der Waals surface area contributed by atoms with Crippen molar-refractivity contribution in [3.8, 4) is 0 Å². The first-order chi connectivity index (χ1) is 7.09. The lowest BCUT2D eigenvalue weighted by Gasteiger charge is -2.04. The molecule has 0 saturated heterocycles. The van der Waals surface area contributed by atoms with Crippen LogP contribution in [0, 0.1) is 6.92 Å². The highest BCUT2D eigenvalue weighted by Gasteiger charge is 2.05. The quantitative estimate of drug-likeness (QED) is 0.656. The molecule has 0 atom stereocenters. The first-order valence-electron chi connectivity index (χ1n) is 4.22. The van der Waals surface area contributed by atoms with Gasteiger partial charge >= 0.3 is 0 Å². The standard InChI is InChI=1S/C9H11N3O3/c1-6-4-7(2-3-11-6)9(14)12-15-5-8(10)13/h2-4H,5H2,1H3,(H2,10,13)(H,12,14). The van der Waals surface area contributed by atoms with Gasteiger partial charge in [-0.25, -0.2) is 5.48 Å². The van der Waals surface area contributed by atoms with E-state index in [9.17, 15) is 9.59 Å². The Labute approximate surface area is 86.4 Å². The Morgan fingerprint density at radius 1 is 1.60 bits per heavy atom. The largest absolute Gasteiger partial charge is 0.368 e. The number of nitrogens with one attached hydrogen (secondary N) is 1. The highest BCUT2D eigenvalue weighted by molar-refractivity contribution is 5.93. The van der Waals surface area contributed by atoms with Crippen molar-refractivity contribution in [1.82, 2.24) is 10.5 Å². The molecule has 3 N–H and O–H groups in total. The van der Waals surface area contributed by atoms with Crippen molar-refractivity contribution in [2.45, 2.75) is 6.92 Å². The summed E-state index contributed by atoms with van der Waals surface area (Å²) in [6.07, 6.45) is 1.51. The van der Waals surface area contributed by atoms with E-state index in [-0.39, 0.29) is 6.61 Å². The minimum Gasteiger partial charge on any atom is -0.368 e. The third-order valence-corrected chi connectivity index (χ3v) is 1.54. The van der Waals surface area contributed by atoms with Crippen LogP contribution in [0.3, 0.4) is 0 Å². The van der Waals surface area contributed by atoms with E-state index in [1.165, 1.54) is 12.3 Å². The van der Waals surface area contributed by atoms with Crippen molar-refractivity contribution >= 4 is 11.8 Å². The van der Waals surface area contributed by atoms with E-state index >= 15 is 0 Å². The van der Waals surface area contributed by atoms with Crippen molar-refractivity contribution in [2.75, 3.05) is 6.61 Å². The van der Waals surface area contributed by atoms with Crippen LogP contribution in [0.5, 0.6) is 0 Å². The van der Waals surface area contributed by atoms with Gasteiger partial charge in [-0.15, -0.1) is 0 Å². The topological polar surface area (TPSA) is 94.3 Å². The van der Waals surface area contributed by atoms with Crippen LogP contribution in [0.15, 0.2) is 18.3 Å². The number of carbonyl (C=O) groups is 2. The maximum Gasteiger partial charge on any atom is 0.274 e. The molecule has 0 saturated carbocycles. The highest BCUT2D eigenvalue weighted by atomic mass is 16.7. The van der Waals surface area contributed by atoms with E-state index in [2.05, 4.69) is 15.3 Å². The molecule has 2 amide bonds. The average molecular weight is 209 g/mol. The molecule has 0 aromatic carbocycles. The summed E-state index contributed by atoms with van der Waals surface area (Å²) >= 11 is 0. The summed E-state index contributed by atoms with van der Waals surface area (Å²) in [5.41, 5.74) is 8.04. The van der Waals surface area contributed by atoms with Gasteiger partial charge in [0.2, 0.25) is 5.91 Å². The van der Waals surface area contributed by atoms with Crippen molar-refractivity contribution in [2.24, 2.45) is 5.73 Å². The Morgan fingerprint density at radius 3 is 2.93 bits per heavy atom. The predicted molar refractivity (Wildman–Crippen MR) is 51.6 cm³/mol. The minimum atomic E-state index is -0.652. The summed E-state index contributed by atoms with van der Waals surface area (Å²) in [6.45, 7) is 1.41. The van der Waals surface area contributed by atoms with Gasteiger partial charge in [-0.3, -0.25) is 19.4 Å². The van der Waals surface area contributed by atoms with Crippen LogP contribution in [-0.4, -0.2) is 23.4 Å². The van der Waals surface area contributed by atoms with E-state index < -0.39 is 11.8 Å². The van der Waals surface area contributed by atoms with Crippen LogP contribution in [0.1, 0.15) is 16.1 Å². The molecule has 1 aromatic heterocycles. The lowest BCUT2D eigenvalue weighted by molar-refractivity contribution is -0.124. The molecule has 0 aliphatic rings. The van der Waals surface area contributed by atoms with Gasteiger partial charge in [0.05, 0.1) is 0 Å². The second kappa shape index (κ2) is 5.06. The van der Waals surface area contributed by atoms with Gasteiger partial charge in [0.25, 0.3) is 5.91 Å². The lowest BCUT2D eigenvalue weighted by Crippen LogP contribution is -2.29. The summed E-state index contributed by atoms with van der Waals surface area (Å²) < 4.78 is 0. The van der Waals surface area contributed by atoms with Gasteiger partial charge in [-0.2, -0.15) is 0 Å². The first-order valence-corrected chi connectivity index (χ1v) is 4.22. The number of hydroxylamine groups is 1. The SMILES string of the molecule is Cc1cc(C(=O)NOCC(N)=O)ccn1. The molecule has 0 bridgehead atoms. The smallest absolute Gasteiger partial charge is 0.274 e. The number of aryl methyl sites for hydroxylation is 1. The Hall–Kier alpha value is -1.95. The monoisotopic (exact) mass is 209 g/mol. The number of nitrogens with two attached hydrogens (primary N) is 1. The normalized spacial score (nSPS) is 9.67. The van der Waals surface area contributed by atoms with Crippen molar-refractivity contribution < 1.29 is 14.4 Å². The van der Waals surface area contributed by atoms with Gasteiger partial charge in [-0.05, 0) is 19.1 Å². The molecule has 1 aromatic rings. The number of hydrogen-bond acceptors (Lipinski definition) is 4. The second-order valence-corrected chi connectivity index (χ2v) is 2.87. The number of aromatic nitrogens is 1. The van der Waals surface area contributed by atoms with E-state index in [4.69, 9.17) is 5.73 Å². The van der Waals surface area contributed by atoms with Gasteiger partial charge in [0.1, 0.15) is 0 Å². The zero-order valence-electron chi connectivity index (χ0n) is 8.19. The maximum atomic E-state index is 11.4. The van der Waals surface area contributed by atoms with E-state index in [0.717, 1.165) is 5.69 Å². The summed E-state index contributed by atoms with van der Waals surface area (Å²) in [4.78, 5) is 30.2. The zero-order valence-corrected chi connectivity index (χ0v) is 8.19. The predicted octanol–water partition coefficient (Wildman–Crippen LogP) is -0.463. The van der Waals surface area contributed by atoms with Gasteiger partial charge < -0.3 is 5.73 Å². The average Bonchev–Trinajstić information content (AvgIpc) is 2.17. The van der Waals surface area contributed by atoms with Crippen LogP contribution in [0.4, 0.5) is 0 Å². The van der Waals surface area contributed by atoms with Crippen LogP contribution in [-0.2, 0) is 9.63 Å². The van der Waals surface area contributed by atoms with Crippen molar-refractivity contribution in [1.29, 1.82) is 0 Å². The van der Waals surface area contributed by atoms with Crippen LogP contribution in [0.2, 0.25) is 0 Å². The molecule has 0 fully saturated rings. The van der Waals surface area contributed by atoms with Gasteiger partial charge in [-0.1, -0.05) is 0 Å². The lowest BCUT2D eigenvalue weighted by atomic mass is 10.2. The number of carbonyl (C=O) groups excluding carboxylic acids is 2. The summed E-state index contributed by atoms with van der Waals surface area (Å²) in [7, 11) is 0. The molecule has 1 heterocycles. The van der Waals surface area contributed by atoms with Crippen LogP contribution in [0.25, 0.3) is 0 Å². The van der Waals surface area contributed by atoms with Crippen LogP contribution >= 0.6 is 0 Å². The summed E-state index contributed by atoms with van der Waals surface area (Å²) in [6, 6.07) is 3.14. The number of amides is 2. The Bertz CT molecular complexity index is 379. The fraction of sp³-hybridized carbons (Fsp3) is 0.222. The maximum absolute atomic E-state index is 11.4. The Balaban J connectivity index is 2.50. The van der Waals surface area contributed by atoms with E-state index in [1.807, 2.05) is 0 Å². The molecule has 6 nitrogen and oxygen atoms in total. The fourth-order valence-electron chi connectivity index (χ4n) is 0.918. The molecule has 6 heteroatoms. The van der Waals surface area contributed by atoms with E-state index in [1.54, 1.807) is 13.0 Å². The van der Waals surface area contributed by atoms with Gasteiger partial charge in [0.15, 0.2) is 6.61 Å². The van der Waals surface area contributed by atoms with Crippen LogP contribution < -0.4 is 11.2 Å². The van der Waals surface area contributed by atoms with Crippen molar-refractivity contribution in [3.05, 3.63) is 29.6 Å². The number of pyridine rings is 1. The third kappa shape index (κ3) is 3.74. The molecule has 0 aliphatic heterocycles. The number of nitrogens with zero attached hydrogens (tertiary/aromatic N) is 1. The zero-order chi connectivity index (χ0) is 11.3. The molecular formula is C9H11N3O3. The molecule has 80 valence electrons. The van der Waals surface area contributed by atoms with Gasteiger partial charge in [0, 0.05) is 17.5 Å². The molecule has 1 rings (SSSR count). The highest BCUT2D eigenvalue weighted by Crippen LogP contribution is 1.99. The minimum absolute atomic E-state index is 0.351. The van der Waals surface area contributed by atoms with Crippen molar-refractivity contribution in [3.63, 3.8) is 0 Å². The summed E-state index contributed by atoms with van der Waals surface area (Å²) in [5.74, 6) is -1.09.